The number of nitrogens with one attached hydrogen (secondary N) is 1. The van der Waals surface area contributed by atoms with E-state index in [0.717, 1.165) is 13.8 Å². The maximum Gasteiger partial charge on any atom is 1.00 e. The van der Waals surface area contributed by atoms with E-state index >= 15 is 0 Å². The Labute approximate surface area is 235 Å². The maximum absolute atomic E-state index is 13.8. The van der Waals surface area contributed by atoms with Gasteiger partial charge in [-0.1, -0.05) is 0 Å². The number of halogens is 13. The van der Waals surface area contributed by atoms with E-state index in [1.807, 2.05) is 0 Å². The van der Waals surface area contributed by atoms with Crippen molar-refractivity contribution in [2.75, 3.05) is 17.3 Å². The van der Waals surface area contributed by atoms with Crippen LogP contribution in [0.25, 0.3) is 0 Å². The molecule has 38 heavy (non-hydrogen) atoms. The summed E-state index contributed by atoms with van der Waals surface area (Å²) in [7, 11) is -4.79. The topological polar surface area (TPSA) is 86.3 Å². The Balaban J connectivity index is 0. The van der Waals surface area contributed by atoms with Gasteiger partial charge in [0.15, 0.2) is 0 Å². The van der Waals surface area contributed by atoms with Crippen molar-refractivity contribution < 1.29 is 104 Å². The minimum absolute atomic E-state index is 0. The standard InChI is InChI=1S/C17H22F13NO4S2.Na/c1-12(2,8-37(33,34)35)31-11(32)7-36-4-3-9(14(19,20)21)5-10(15(22,23)24)6-13(18,16(25,26)27)17(28,29)30;/h9-10H,3-8H2,1-2H3,(H,31,32)(H,33,34,35);/q;+1/p-1. The average Bonchev–Trinajstić information content (AvgIpc) is 2.56. The number of hydrogen-bond donors (Lipinski definition) is 1. The molecule has 5 nitrogen and oxygen atoms in total. The largest absolute Gasteiger partial charge is 1.00 e. The van der Waals surface area contributed by atoms with Crippen molar-refractivity contribution in [1.82, 2.24) is 5.32 Å². The van der Waals surface area contributed by atoms with Gasteiger partial charge in [-0.05, 0) is 32.4 Å². The third-order valence-corrected chi connectivity index (χ3v) is 6.85. The van der Waals surface area contributed by atoms with Crippen LogP contribution in [0.2, 0.25) is 0 Å². The predicted molar refractivity (Wildman–Crippen MR) is 103 cm³/mol. The number of hydrogen-bond acceptors (Lipinski definition) is 5. The summed E-state index contributed by atoms with van der Waals surface area (Å²) < 4.78 is 201. The monoisotopic (exact) mass is 637 g/mol. The van der Waals surface area contributed by atoms with E-state index in [9.17, 15) is 74.8 Å². The molecule has 0 aliphatic rings. The fourth-order valence-corrected chi connectivity index (χ4v) is 4.91. The summed E-state index contributed by atoms with van der Waals surface area (Å²) in [5.74, 6) is -10.6. The molecular formula is C17H21F13NNaO4S2. The van der Waals surface area contributed by atoms with Gasteiger partial charge in [0.2, 0.25) is 5.91 Å². The molecule has 0 aromatic carbocycles. The summed E-state index contributed by atoms with van der Waals surface area (Å²) in [5, 5.41) is 2.07. The second kappa shape index (κ2) is 13.7. The summed E-state index contributed by atoms with van der Waals surface area (Å²) in [6, 6.07) is 0. The molecule has 1 amide bonds. The first kappa shape index (κ1) is 40.0. The van der Waals surface area contributed by atoms with Crippen molar-refractivity contribution in [2.45, 2.75) is 69.0 Å². The summed E-state index contributed by atoms with van der Waals surface area (Å²) in [6.07, 6.45) is -32.4. The van der Waals surface area contributed by atoms with Crippen LogP contribution >= 0.6 is 11.8 Å². The van der Waals surface area contributed by atoms with Crippen molar-refractivity contribution in [2.24, 2.45) is 11.8 Å². The molecule has 0 spiro atoms. The van der Waals surface area contributed by atoms with E-state index in [0.29, 0.717) is 11.8 Å². The zero-order valence-corrected chi connectivity index (χ0v) is 23.4. The van der Waals surface area contributed by atoms with Crippen LogP contribution < -0.4 is 34.9 Å². The Morgan fingerprint density at radius 2 is 1.26 bits per heavy atom. The van der Waals surface area contributed by atoms with E-state index in [1.54, 1.807) is 0 Å². The van der Waals surface area contributed by atoms with Crippen LogP contribution in [0.15, 0.2) is 0 Å². The number of carbonyl (C=O) groups is 1. The van der Waals surface area contributed by atoms with Crippen LogP contribution in [-0.2, 0) is 14.9 Å². The van der Waals surface area contributed by atoms with E-state index < -0.39 is 100 Å². The van der Waals surface area contributed by atoms with Gasteiger partial charge in [-0.25, -0.2) is 12.8 Å². The summed E-state index contributed by atoms with van der Waals surface area (Å²) in [5.41, 5.74) is -8.02. The second-order valence-electron chi connectivity index (χ2n) is 8.69. The molecule has 0 bridgehead atoms. The first-order valence-corrected chi connectivity index (χ1v) is 12.5. The number of carbonyl (C=O) groups excluding carboxylic acids is 1. The molecule has 0 aliphatic heterocycles. The van der Waals surface area contributed by atoms with Gasteiger partial charge in [0, 0.05) is 12.0 Å². The summed E-state index contributed by atoms with van der Waals surface area (Å²) >= 11 is 0.366. The molecule has 0 rings (SSSR count). The van der Waals surface area contributed by atoms with Gasteiger partial charge >= 0.3 is 54.3 Å². The predicted octanol–water partition coefficient (Wildman–Crippen LogP) is 2.52. The molecule has 0 fully saturated rings. The quantitative estimate of drug-likeness (QED) is 0.154. The molecule has 2 unspecified atom stereocenters. The SMILES string of the molecule is CC(C)(CS(=O)(=O)[O-])NC(=O)CSCCC(CC(CC(F)(C(F)(F)F)C(F)(F)F)C(F)(F)F)C(F)(F)F.[Na+]. The summed E-state index contributed by atoms with van der Waals surface area (Å²) in [4.78, 5) is 11.8. The minimum atomic E-state index is -6.90. The Bertz CT molecular complexity index is 857. The normalized spacial score (nSPS) is 16.0. The molecule has 0 aromatic heterocycles. The second-order valence-corrected chi connectivity index (χ2v) is 11.2. The molecule has 1 N–H and O–H groups in total. The zero-order valence-electron chi connectivity index (χ0n) is 19.8. The Kier molecular flexibility index (Phi) is 14.4. The molecule has 0 aromatic rings. The molecule has 0 saturated heterocycles. The van der Waals surface area contributed by atoms with Gasteiger partial charge in [0.1, 0.15) is 0 Å². The third-order valence-electron chi connectivity index (χ3n) is 4.78. The Morgan fingerprint density at radius 1 is 0.842 bits per heavy atom. The number of rotatable bonds is 12. The molecule has 2 atom stereocenters. The number of thioether (sulfide) groups is 1. The average molecular weight is 637 g/mol. The number of alkyl halides is 13. The van der Waals surface area contributed by atoms with Gasteiger partial charge in [-0.3, -0.25) is 4.79 Å². The van der Waals surface area contributed by atoms with E-state index in [2.05, 4.69) is 5.32 Å². The first-order chi connectivity index (χ1) is 16.0. The molecule has 222 valence electrons. The number of amides is 1. The fraction of sp³-hybridized carbons (Fsp3) is 0.941. The van der Waals surface area contributed by atoms with E-state index in [1.165, 1.54) is 0 Å². The van der Waals surface area contributed by atoms with Crippen molar-refractivity contribution >= 4 is 27.8 Å². The molecule has 21 heteroatoms. The van der Waals surface area contributed by atoms with E-state index in [4.69, 9.17) is 0 Å². The Hall–Kier alpha value is -0.180. The van der Waals surface area contributed by atoms with Crippen LogP contribution in [0.1, 0.15) is 33.1 Å². The third kappa shape index (κ3) is 13.5. The van der Waals surface area contributed by atoms with Crippen LogP contribution in [0, 0.1) is 11.8 Å². The van der Waals surface area contributed by atoms with Crippen LogP contribution in [-0.4, -0.2) is 72.0 Å². The van der Waals surface area contributed by atoms with Gasteiger partial charge < -0.3 is 9.87 Å². The van der Waals surface area contributed by atoms with Gasteiger partial charge in [-0.15, -0.1) is 0 Å². The van der Waals surface area contributed by atoms with E-state index in [-0.39, 0.29) is 29.6 Å². The minimum Gasteiger partial charge on any atom is -0.748 e. The van der Waals surface area contributed by atoms with Crippen LogP contribution in [0.3, 0.4) is 0 Å². The summed E-state index contributed by atoms with van der Waals surface area (Å²) in [6.45, 7) is 2.24. The van der Waals surface area contributed by atoms with Crippen LogP contribution in [0.5, 0.6) is 0 Å². The van der Waals surface area contributed by atoms with Crippen molar-refractivity contribution in [3.8, 4) is 0 Å². The molecule has 0 radical (unpaired) electrons. The molecule has 0 saturated carbocycles. The smallest absolute Gasteiger partial charge is 0.748 e. The zero-order chi connectivity index (χ0) is 29.9. The van der Waals surface area contributed by atoms with Crippen LogP contribution in [0.4, 0.5) is 57.1 Å². The molecule has 0 aliphatic carbocycles. The van der Waals surface area contributed by atoms with Gasteiger partial charge in [0.25, 0.3) is 5.67 Å². The fourth-order valence-electron chi connectivity index (χ4n) is 3.10. The first-order valence-electron chi connectivity index (χ1n) is 9.80. The molecular weight excluding hydrogens is 616 g/mol. The molecule has 0 heterocycles. The Morgan fingerprint density at radius 3 is 1.61 bits per heavy atom. The van der Waals surface area contributed by atoms with Gasteiger partial charge in [0.05, 0.1) is 33.5 Å². The maximum atomic E-state index is 13.8. The van der Waals surface area contributed by atoms with Crippen molar-refractivity contribution in [1.29, 1.82) is 0 Å². The van der Waals surface area contributed by atoms with Crippen molar-refractivity contribution in [3.63, 3.8) is 0 Å². The van der Waals surface area contributed by atoms with Gasteiger partial charge in [-0.2, -0.15) is 64.4 Å². The van der Waals surface area contributed by atoms with Crippen molar-refractivity contribution in [3.05, 3.63) is 0 Å².